The Morgan fingerprint density at radius 1 is 1.19 bits per heavy atom. The number of aliphatic carboxylic acids is 1. The van der Waals surface area contributed by atoms with Crippen LogP contribution in [0.1, 0.15) is 42.5 Å². The summed E-state index contributed by atoms with van der Waals surface area (Å²) in [5.41, 5.74) is 6.59. The van der Waals surface area contributed by atoms with E-state index in [1.165, 1.54) is 24.4 Å². The van der Waals surface area contributed by atoms with Crippen molar-refractivity contribution in [2.24, 2.45) is 5.73 Å². The molecule has 2 atom stereocenters. The molecule has 1 aliphatic heterocycles. The molecule has 3 aromatic rings. The summed E-state index contributed by atoms with van der Waals surface area (Å²) in [5.74, 6) is -1.11. The maximum absolute atomic E-state index is 12.5. The molecule has 4 rings (SSSR count). The van der Waals surface area contributed by atoms with E-state index in [9.17, 15) is 14.7 Å². The number of aromatic hydroxyl groups is 1. The zero-order valence-electron chi connectivity index (χ0n) is 20.5. The van der Waals surface area contributed by atoms with E-state index >= 15 is 0 Å². The summed E-state index contributed by atoms with van der Waals surface area (Å²) < 4.78 is 11.9. The predicted octanol–water partition coefficient (Wildman–Crippen LogP) is 2.87. The van der Waals surface area contributed by atoms with Crippen LogP contribution in [0.25, 0.3) is 0 Å². The van der Waals surface area contributed by atoms with E-state index in [-0.39, 0.29) is 29.5 Å². The molecule has 37 heavy (non-hydrogen) atoms. The molecule has 1 amide bonds. The first-order valence-electron chi connectivity index (χ1n) is 12.1. The molecule has 194 valence electrons. The molecule has 0 unspecified atom stereocenters. The fourth-order valence-electron chi connectivity index (χ4n) is 4.48. The number of aromatic nitrogens is 2. The molecule has 1 fully saturated rings. The number of primary amides is 1. The maximum Gasteiger partial charge on any atom is 0.307 e. The third-order valence-corrected chi connectivity index (χ3v) is 6.12. The lowest BCUT2D eigenvalue weighted by molar-refractivity contribution is -0.136. The van der Waals surface area contributed by atoms with Crippen LogP contribution in [0.2, 0.25) is 0 Å². The standard InChI is InChI=1S/C27H30N4O6/c1-2-36-22-7-3-4-8-23(22)37-18-6-5-11-31(16-18)24-15-29-14-20(30-24)26(27(28)35)19-12-17(13-25(33)34)9-10-21(19)32/h3-4,7-10,12,14-15,18,26,32H,2,5-6,11,13,16H2,1H3,(H2,28,35)(H,33,34)/t18-,26-/m1/s1. The molecule has 0 bridgehead atoms. The van der Waals surface area contributed by atoms with Crippen LogP contribution in [-0.4, -0.2) is 57.9 Å². The molecule has 1 aliphatic rings. The van der Waals surface area contributed by atoms with Crippen molar-refractivity contribution in [1.29, 1.82) is 0 Å². The van der Waals surface area contributed by atoms with Crippen molar-refractivity contribution in [2.75, 3.05) is 24.6 Å². The van der Waals surface area contributed by atoms with Crippen LogP contribution in [0.4, 0.5) is 5.82 Å². The number of phenolic OH excluding ortho intramolecular Hbond substituents is 1. The van der Waals surface area contributed by atoms with Crippen LogP contribution >= 0.6 is 0 Å². The van der Waals surface area contributed by atoms with Crippen molar-refractivity contribution in [3.8, 4) is 17.2 Å². The van der Waals surface area contributed by atoms with E-state index in [4.69, 9.17) is 20.3 Å². The Hall–Kier alpha value is -4.34. The largest absolute Gasteiger partial charge is 0.508 e. The van der Waals surface area contributed by atoms with Gasteiger partial charge in [0.25, 0.3) is 0 Å². The minimum absolute atomic E-state index is 0.107. The highest BCUT2D eigenvalue weighted by atomic mass is 16.5. The second kappa shape index (κ2) is 11.6. The van der Waals surface area contributed by atoms with Gasteiger partial charge in [-0.3, -0.25) is 14.6 Å². The molecule has 0 radical (unpaired) electrons. The Morgan fingerprint density at radius 2 is 1.97 bits per heavy atom. The lowest BCUT2D eigenvalue weighted by Gasteiger charge is -2.34. The number of ether oxygens (including phenoxy) is 2. The third kappa shape index (κ3) is 6.27. The van der Waals surface area contributed by atoms with Gasteiger partial charge in [0.15, 0.2) is 11.5 Å². The number of carboxylic acids is 1. The summed E-state index contributed by atoms with van der Waals surface area (Å²) in [4.78, 5) is 34.6. The predicted molar refractivity (Wildman–Crippen MR) is 136 cm³/mol. The maximum atomic E-state index is 12.5. The molecule has 10 heteroatoms. The number of carbonyl (C=O) groups excluding carboxylic acids is 1. The monoisotopic (exact) mass is 506 g/mol. The minimum Gasteiger partial charge on any atom is -0.508 e. The summed E-state index contributed by atoms with van der Waals surface area (Å²) in [5, 5.41) is 19.6. The van der Waals surface area contributed by atoms with Gasteiger partial charge in [-0.15, -0.1) is 0 Å². The van der Waals surface area contributed by atoms with Gasteiger partial charge in [-0.1, -0.05) is 24.3 Å². The van der Waals surface area contributed by atoms with Gasteiger partial charge < -0.3 is 30.3 Å². The van der Waals surface area contributed by atoms with E-state index in [1.807, 2.05) is 36.1 Å². The van der Waals surface area contributed by atoms with Crippen molar-refractivity contribution < 1.29 is 29.3 Å². The Labute approximate surface area is 214 Å². The molecular formula is C27H30N4O6. The first kappa shape index (κ1) is 25.7. The molecule has 10 nitrogen and oxygen atoms in total. The van der Waals surface area contributed by atoms with Gasteiger partial charge in [-0.2, -0.15) is 0 Å². The summed E-state index contributed by atoms with van der Waals surface area (Å²) in [7, 11) is 0. The number of nitrogens with two attached hydrogens (primary N) is 1. The normalized spacial score (nSPS) is 16.1. The van der Waals surface area contributed by atoms with Gasteiger partial charge in [-0.25, -0.2) is 4.98 Å². The molecule has 2 heterocycles. The quantitative estimate of drug-likeness (QED) is 0.377. The number of anilines is 1. The Morgan fingerprint density at radius 3 is 2.70 bits per heavy atom. The van der Waals surface area contributed by atoms with Crippen LogP contribution in [0.3, 0.4) is 0 Å². The molecule has 4 N–H and O–H groups in total. The number of hydrogen-bond donors (Lipinski definition) is 3. The topological polar surface area (TPSA) is 148 Å². The van der Waals surface area contributed by atoms with E-state index in [0.717, 1.165) is 19.4 Å². The lowest BCUT2D eigenvalue weighted by Crippen LogP contribution is -2.41. The van der Waals surface area contributed by atoms with E-state index in [2.05, 4.69) is 9.97 Å². The average molecular weight is 507 g/mol. The summed E-state index contributed by atoms with van der Waals surface area (Å²) in [6, 6.07) is 11.9. The summed E-state index contributed by atoms with van der Waals surface area (Å²) >= 11 is 0. The number of phenols is 1. The first-order chi connectivity index (χ1) is 17.9. The van der Waals surface area contributed by atoms with Crippen LogP contribution in [0.15, 0.2) is 54.9 Å². The van der Waals surface area contributed by atoms with Crippen molar-refractivity contribution in [3.05, 3.63) is 71.7 Å². The Balaban J connectivity index is 1.57. The van der Waals surface area contributed by atoms with E-state index in [0.29, 0.717) is 36.0 Å². The van der Waals surface area contributed by atoms with E-state index < -0.39 is 17.8 Å². The van der Waals surface area contributed by atoms with Gasteiger partial charge in [-0.05, 0) is 43.5 Å². The summed E-state index contributed by atoms with van der Waals surface area (Å²) in [6.07, 6.45) is 4.40. The zero-order chi connectivity index (χ0) is 26.4. The van der Waals surface area contributed by atoms with Crippen LogP contribution in [0, 0.1) is 0 Å². The van der Waals surface area contributed by atoms with Crippen LogP contribution in [0.5, 0.6) is 17.2 Å². The van der Waals surface area contributed by atoms with Crippen molar-refractivity contribution in [3.63, 3.8) is 0 Å². The fourth-order valence-corrected chi connectivity index (χ4v) is 4.48. The van der Waals surface area contributed by atoms with Gasteiger partial charge in [0.1, 0.15) is 23.6 Å². The van der Waals surface area contributed by atoms with Gasteiger partial charge >= 0.3 is 5.97 Å². The number of piperidine rings is 1. The molecule has 1 saturated heterocycles. The molecule has 0 spiro atoms. The minimum atomic E-state index is -1.10. The second-order valence-electron chi connectivity index (χ2n) is 8.81. The van der Waals surface area contributed by atoms with Gasteiger partial charge in [0.2, 0.25) is 5.91 Å². The number of nitrogens with zero attached hydrogens (tertiary/aromatic N) is 3. The third-order valence-electron chi connectivity index (χ3n) is 6.12. The smallest absolute Gasteiger partial charge is 0.307 e. The number of hydrogen-bond acceptors (Lipinski definition) is 8. The highest BCUT2D eigenvalue weighted by Crippen LogP contribution is 2.33. The fraction of sp³-hybridized carbons (Fsp3) is 0.333. The number of rotatable bonds is 10. The number of benzene rings is 2. The van der Waals surface area contributed by atoms with Crippen molar-refractivity contribution in [2.45, 2.75) is 38.2 Å². The first-order valence-corrected chi connectivity index (χ1v) is 12.1. The number of carbonyl (C=O) groups is 2. The van der Waals surface area contributed by atoms with Gasteiger partial charge in [0.05, 0.1) is 31.5 Å². The highest BCUT2D eigenvalue weighted by molar-refractivity contribution is 5.86. The number of amides is 1. The molecule has 2 aromatic carbocycles. The zero-order valence-corrected chi connectivity index (χ0v) is 20.5. The average Bonchev–Trinajstić information content (AvgIpc) is 2.87. The van der Waals surface area contributed by atoms with E-state index in [1.54, 1.807) is 6.20 Å². The van der Waals surface area contributed by atoms with Gasteiger partial charge in [0, 0.05) is 18.3 Å². The Bertz CT molecular complexity index is 1270. The summed E-state index contributed by atoms with van der Waals surface area (Å²) in [6.45, 7) is 3.74. The molecule has 0 saturated carbocycles. The Kier molecular flexibility index (Phi) is 8.07. The molecule has 0 aliphatic carbocycles. The van der Waals surface area contributed by atoms with Crippen LogP contribution in [-0.2, 0) is 16.0 Å². The van der Waals surface area contributed by atoms with Crippen molar-refractivity contribution >= 4 is 17.7 Å². The highest BCUT2D eigenvalue weighted by Gasteiger charge is 2.28. The van der Waals surface area contributed by atoms with Crippen LogP contribution < -0.4 is 20.1 Å². The second-order valence-corrected chi connectivity index (χ2v) is 8.81. The number of carboxylic acid groups (broad SMARTS) is 1. The molecular weight excluding hydrogens is 476 g/mol. The SMILES string of the molecule is CCOc1ccccc1O[C@@H]1CCCN(c2cncc([C@H](C(N)=O)c3cc(CC(=O)O)ccc3O)n2)C1. The van der Waals surface area contributed by atoms with Crippen molar-refractivity contribution in [1.82, 2.24) is 9.97 Å². The lowest BCUT2D eigenvalue weighted by atomic mass is 9.92. The number of para-hydroxylation sites is 2. The molecule has 1 aromatic heterocycles.